The first-order valence-electron chi connectivity index (χ1n) is 11.5. The number of benzene rings is 2. The van der Waals surface area contributed by atoms with Crippen molar-refractivity contribution in [2.45, 2.75) is 43.4 Å². The van der Waals surface area contributed by atoms with Gasteiger partial charge in [-0.25, -0.2) is 4.39 Å². The summed E-state index contributed by atoms with van der Waals surface area (Å²) in [4.78, 5) is 13.6. The third kappa shape index (κ3) is 4.66. The third-order valence-electron chi connectivity index (χ3n) is 6.99. The third-order valence-corrected chi connectivity index (χ3v) is 6.99. The second-order valence-electron chi connectivity index (χ2n) is 8.73. The monoisotopic (exact) mass is 441 g/mol. The summed E-state index contributed by atoms with van der Waals surface area (Å²) in [7, 11) is 0. The van der Waals surface area contributed by atoms with E-state index in [2.05, 4.69) is 17.4 Å². The van der Waals surface area contributed by atoms with Crippen LogP contribution in [-0.2, 0) is 25.1 Å². The van der Waals surface area contributed by atoms with Crippen molar-refractivity contribution in [3.63, 3.8) is 0 Å². The highest BCUT2D eigenvalue weighted by Gasteiger charge is 2.43. The smallest absolute Gasteiger partial charge is 0.230 e. The van der Waals surface area contributed by atoms with Gasteiger partial charge in [0.2, 0.25) is 5.91 Å². The molecule has 6 heteroatoms. The Kier molecular flexibility index (Phi) is 7.11. The fraction of sp³-hybridized carbons (Fsp3) is 0.500. The van der Waals surface area contributed by atoms with Gasteiger partial charge in [0, 0.05) is 38.4 Å². The van der Waals surface area contributed by atoms with Crippen LogP contribution < -0.4 is 10.1 Å². The molecule has 0 radical (unpaired) electrons. The van der Waals surface area contributed by atoms with E-state index in [-0.39, 0.29) is 17.1 Å². The Bertz CT molecular complexity index is 885. The zero-order valence-corrected chi connectivity index (χ0v) is 18.7. The first-order chi connectivity index (χ1) is 15.6. The molecule has 5 nitrogen and oxygen atoms in total. The van der Waals surface area contributed by atoms with Crippen LogP contribution in [0.25, 0.3) is 0 Å². The fourth-order valence-electron chi connectivity index (χ4n) is 4.96. The van der Waals surface area contributed by atoms with Crippen molar-refractivity contribution < 1.29 is 23.4 Å². The van der Waals surface area contributed by atoms with Crippen molar-refractivity contribution in [2.75, 3.05) is 39.6 Å². The van der Waals surface area contributed by atoms with Crippen LogP contribution in [-0.4, -0.2) is 45.5 Å². The molecule has 2 aromatic carbocycles. The summed E-state index contributed by atoms with van der Waals surface area (Å²) in [5.41, 5.74) is 1.15. The topological polar surface area (TPSA) is 56.8 Å². The van der Waals surface area contributed by atoms with Gasteiger partial charge in [0.05, 0.1) is 12.0 Å². The van der Waals surface area contributed by atoms with Gasteiger partial charge < -0.3 is 19.5 Å². The number of rotatable bonds is 7. The van der Waals surface area contributed by atoms with E-state index in [1.165, 1.54) is 17.7 Å². The molecule has 0 saturated carbocycles. The number of hydrogen-bond donors (Lipinski definition) is 1. The molecular weight excluding hydrogens is 409 g/mol. The molecule has 1 amide bonds. The van der Waals surface area contributed by atoms with Crippen LogP contribution in [0.2, 0.25) is 0 Å². The molecule has 2 saturated heterocycles. The summed E-state index contributed by atoms with van der Waals surface area (Å²) < 4.78 is 30.3. The number of nitrogens with one attached hydrogen (secondary N) is 1. The van der Waals surface area contributed by atoms with Gasteiger partial charge in [0.1, 0.15) is 11.6 Å². The Morgan fingerprint density at radius 2 is 1.47 bits per heavy atom. The maximum atomic E-state index is 13.6. The van der Waals surface area contributed by atoms with Crippen molar-refractivity contribution in [3.8, 4) is 5.75 Å². The summed E-state index contributed by atoms with van der Waals surface area (Å²) in [6, 6.07) is 14.5. The second kappa shape index (κ2) is 10.0. The van der Waals surface area contributed by atoms with E-state index >= 15 is 0 Å². The van der Waals surface area contributed by atoms with Gasteiger partial charge in [0.25, 0.3) is 0 Å². The number of hydrogen-bond acceptors (Lipinski definition) is 4. The maximum Gasteiger partial charge on any atom is 0.230 e. The van der Waals surface area contributed by atoms with Crippen LogP contribution in [0.3, 0.4) is 0 Å². The first-order valence-corrected chi connectivity index (χ1v) is 11.5. The van der Waals surface area contributed by atoms with E-state index in [1.807, 2.05) is 19.1 Å². The number of halogens is 1. The minimum atomic E-state index is -0.697. The molecule has 4 rings (SSSR count). The first kappa shape index (κ1) is 22.7. The lowest BCUT2D eigenvalue weighted by molar-refractivity contribution is -0.131. The SMILES string of the molecule is CCOc1ccc(C2(CNC(=O)C3(c4ccc(F)cc4)CCOCC3)CCOCC2)cc1. The molecular formula is C26H32FNO4. The van der Waals surface area contributed by atoms with E-state index < -0.39 is 5.41 Å². The predicted molar refractivity (Wildman–Crippen MR) is 120 cm³/mol. The van der Waals surface area contributed by atoms with Gasteiger partial charge in [-0.1, -0.05) is 24.3 Å². The molecule has 2 aromatic rings. The fourth-order valence-corrected chi connectivity index (χ4v) is 4.96. The lowest BCUT2D eigenvalue weighted by atomic mass is 9.71. The van der Waals surface area contributed by atoms with E-state index in [4.69, 9.17) is 14.2 Å². The standard InChI is InChI=1S/C26H32FNO4/c1-2-32-23-9-5-20(6-10-23)25(11-15-30-16-12-25)19-28-24(29)26(13-17-31-18-14-26)21-3-7-22(27)8-4-21/h3-10H,2,11-19H2,1H3,(H,28,29). The molecule has 2 aliphatic heterocycles. The Morgan fingerprint density at radius 1 is 0.906 bits per heavy atom. The Morgan fingerprint density at radius 3 is 2.06 bits per heavy atom. The molecule has 0 aliphatic carbocycles. The van der Waals surface area contributed by atoms with Crippen molar-refractivity contribution in [1.29, 1.82) is 0 Å². The van der Waals surface area contributed by atoms with Crippen LogP contribution in [0.1, 0.15) is 43.7 Å². The minimum absolute atomic E-state index is 0.00999. The van der Waals surface area contributed by atoms with Crippen LogP contribution >= 0.6 is 0 Å². The second-order valence-corrected chi connectivity index (χ2v) is 8.73. The summed E-state index contributed by atoms with van der Waals surface area (Å²) in [6.07, 6.45) is 2.86. The number of ether oxygens (including phenoxy) is 3. The lowest BCUT2D eigenvalue weighted by Crippen LogP contribution is -2.52. The van der Waals surface area contributed by atoms with Crippen molar-refractivity contribution in [2.24, 2.45) is 0 Å². The van der Waals surface area contributed by atoms with E-state index in [9.17, 15) is 9.18 Å². The van der Waals surface area contributed by atoms with Gasteiger partial charge >= 0.3 is 0 Å². The molecule has 0 aromatic heterocycles. The van der Waals surface area contributed by atoms with E-state index in [0.29, 0.717) is 52.4 Å². The largest absolute Gasteiger partial charge is 0.494 e. The van der Waals surface area contributed by atoms with E-state index in [1.54, 1.807) is 12.1 Å². The summed E-state index contributed by atoms with van der Waals surface area (Å²) in [5, 5.41) is 3.28. The summed E-state index contributed by atoms with van der Waals surface area (Å²) >= 11 is 0. The Balaban J connectivity index is 1.56. The number of carbonyl (C=O) groups excluding carboxylic acids is 1. The van der Waals surface area contributed by atoms with Crippen molar-refractivity contribution in [1.82, 2.24) is 5.32 Å². The van der Waals surface area contributed by atoms with Crippen molar-refractivity contribution >= 4 is 5.91 Å². The summed E-state index contributed by atoms with van der Waals surface area (Å²) in [5.74, 6) is 0.539. The van der Waals surface area contributed by atoms with Gasteiger partial charge in [0.15, 0.2) is 0 Å². The average Bonchev–Trinajstić information content (AvgIpc) is 2.84. The quantitative estimate of drug-likeness (QED) is 0.702. The van der Waals surface area contributed by atoms with E-state index in [0.717, 1.165) is 24.2 Å². The molecule has 2 heterocycles. The normalized spacial score (nSPS) is 19.8. The van der Waals surface area contributed by atoms with Gasteiger partial charge in [-0.2, -0.15) is 0 Å². The van der Waals surface area contributed by atoms with Crippen LogP contribution in [0.4, 0.5) is 4.39 Å². The molecule has 0 spiro atoms. The molecule has 2 fully saturated rings. The van der Waals surface area contributed by atoms with Gasteiger partial charge in [-0.15, -0.1) is 0 Å². The highest BCUT2D eigenvalue weighted by molar-refractivity contribution is 5.88. The predicted octanol–water partition coefficient (Wildman–Crippen LogP) is 4.14. The van der Waals surface area contributed by atoms with Crippen molar-refractivity contribution in [3.05, 3.63) is 65.5 Å². The van der Waals surface area contributed by atoms with Gasteiger partial charge in [-0.3, -0.25) is 4.79 Å². The molecule has 1 N–H and O–H groups in total. The Hall–Kier alpha value is -2.44. The molecule has 0 unspecified atom stereocenters. The highest BCUT2D eigenvalue weighted by Crippen LogP contribution is 2.38. The average molecular weight is 442 g/mol. The molecule has 32 heavy (non-hydrogen) atoms. The molecule has 172 valence electrons. The number of amides is 1. The minimum Gasteiger partial charge on any atom is -0.494 e. The maximum absolute atomic E-state index is 13.6. The Labute approximate surface area is 189 Å². The number of carbonyl (C=O) groups is 1. The van der Waals surface area contributed by atoms with Crippen LogP contribution in [0.15, 0.2) is 48.5 Å². The van der Waals surface area contributed by atoms with Crippen LogP contribution in [0, 0.1) is 5.82 Å². The molecule has 2 aliphatic rings. The zero-order chi connectivity index (χ0) is 22.4. The van der Waals surface area contributed by atoms with Gasteiger partial charge in [-0.05, 0) is 68.0 Å². The summed E-state index contributed by atoms with van der Waals surface area (Å²) in [6.45, 7) is 5.50. The van der Waals surface area contributed by atoms with Crippen LogP contribution in [0.5, 0.6) is 5.75 Å². The zero-order valence-electron chi connectivity index (χ0n) is 18.7. The highest BCUT2D eigenvalue weighted by atomic mass is 19.1. The molecule has 0 atom stereocenters. The lowest BCUT2D eigenvalue weighted by Gasteiger charge is -2.41. The molecule has 0 bridgehead atoms.